The number of hydrogen-bond acceptors (Lipinski definition) is 3. The zero-order chi connectivity index (χ0) is 18.2. The molecule has 2 fully saturated rings. The van der Waals surface area contributed by atoms with Crippen molar-refractivity contribution < 1.29 is 19.5 Å². The van der Waals surface area contributed by atoms with Crippen LogP contribution in [0.4, 0.5) is 10.5 Å². The van der Waals surface area contributed by atoms with Crippen molar-refractivity contribution in [1.82, 2.24) is 10.2 Å². The lowest BCUT2D eigenvalue weighted by molar-refractivity contribution is -0.144. The van der Waals surface area contributed by atoms with E-state index >= 15 is 0 Å². The van der Waals surface area contributed by atoms with Gasteiger partial charge in [0, 0.05) is 25.2 Å². The fourth-order valence-corrected chi connectivity index (χ4v) is 3.77. The average Bonchev–Trinajstić information content (AvgIpc) is 2.88. The van der Waals surface area contributed by atoms with E-state index in [0.29, 0.717) is 25.9 Å². The van der Waals surface area contributed by atoms with Crippen molar-refractivity contribution in [1.29, 1.82) is 0 Å². The molecule has 2 aliphatic rings. The number of hydrogen-bond donors (Lipinski definition) is 3. The second-order valence-corrected chi connectivity index (χ2v) is 7.03. The predicted octanol–water partition coefficient (Wildman–Crippen LogP) is 1.89. The van der Waals surface area contributed by atoms with Crippen LogP contribution in [0.3, 0.4) is 0 Å². The first-order chi connectivity index (χ1) is 11.8. The van der Waals surface area contributed by atoms with Gasteiger partial charge in [0.1, 0.15) is 0 Å². The SMILES string of the molecule is Cc1ccc(C)c(NC(=O)N2CCC3(CC2)NC(=O)C[C@@H]3C(=O)O)c1. The molecule has 2 aliphatic heterocycles. The standard InChI is InChI=1S/C18H23N3O4/c1-11-3-4-12(2)14(9-11)19-17(25)21-7-5-18(6-8-21)13(16(23)24)10-15(22)20-18/h3-4,9,13H,5-8,10H2,1-2H3,(H,19,25)(H,20,22)(H,23,24)/t13-/m1/s1. The third kappa shape index (κ3) is 3.31. The summed E-state index contributed by atoms with van der Waals surface area (Å²) >= 11 is 0. The van der Waals surface area contributed by atoms with Gasteiger partial charge in [-0.05, 0) is 43.9 Å². The normalized spacial score (nSPS) is 21.9. The Kier molecular flexibility index (Phi) is 4.41. The zero-order valence-corrected chi connectivity index (χ0v) is 14.5. The maximum atomic E-state index is 12.5. The Morgan fingerprint density at radius 3 is 2.60 bits per heavy atom. The number of aliphatic carboxylic acids is 1. The molecule has 7 nitrogen and oxygen atoms in total. The first-order valence-corrected chi connectivity index (χ1v) is 8.48. The maximum absolute atomic E-state index is 12.5. The topological polar surface area (TPSA) is 98.7 Å². The Labute approximate surface area is 146 Å². The van der Waals surface area contributed by atoms with Crippen LogP contribution in [-0.2, 0) is 9.59 Å². The van der Waals surface area contributed by atoms with E-state index < -0.39 is 17.4 Å². The van der Waals surface area contributed by atoms with E-state index in [-0.39, 0.29) is 18.4 Å². The fourth-order valence-electron chi connectivity index (χ4n) is 3.77. The Balaban J connectivity index is 1.66. The lowest BCUT2D eigenvalue weighted by Crippen LogP contribution is -2.57. The highest BCUT2D eigenvalue weighted by Crippen LogP contribution is 2.37. The maximum Gasteiger partial charge on any atom is 0.321 e. The summed E-state index contributed by atoms with van der Waals surface area (Å²) in [7, 11) is 0. The summed E-state index contributed by atoms with van der Waals surface area (Å²) < 4.78 is 0. The fraction of sp³-hybridized carbons (Fsp3) is 0.500. The lowest BCUT2D eigenvalue weighted by Gasteiger charge is -2.41. The van der Waals surface area contributed by atoms with Gasteiger partial charge in [0.2, 0.25) is 5.91 Å². The number of amides is 3. The van der Waals surface area contributed by atoms with E-state index in [9.17, 15) is 19.5 Å². The van der Waals surface area contributed by atoms with Crippen molar-refractivity contribution in [3.05, 3.63) is 29.3 Å². The molecule has 134 valence electrons. The average molecular weight is 345 g/mol. The van der Waals surface area contributed by atoms with Crippen molar-refractivity contribution in [2.24, 2.45) is 5.92 Å². The molecule has 3 rings (SSSR count). The number of nitrogens with zero attached hydrogens (tertiary/aromatic N) is 1. The number of piperidine rings is 1. The molecule has 3 N–H and O–H groups in total. The molecule has 2 saturated heterocycles. The van der Waals surface area contributed by atoms with Gasteiger partial charge in [0.05, 0.1) is 11.5 Å². The van der Waals surface area contributed by atoms with Crippen LogP contribution in [-0.4, -0.2) is 46.5 Å². The number of carboxylic acid groups (broad SMARTS) is 1. The van der Waals surface area contributed by atoms with Gasteiger partial charge in [-0.3, -0.25) is 9.59 Å². The molecule has 25 heavy (non-hydrogen) atoms. The van der Waals surface area contributed by atoms with Crippen LogP contribution in [0.5, 0.6) is 0 Å². The minimum absolute atomic E-state index is 0.0179. The van der Waals surface area contributed by atoms with Crippen LogP contribution >= 0.6 is 0 Å². The molecule has 1 aromatic rings. The summed E-state index contributed by atoms with van der Waals surface area (Å²) in [5, 5.41) is 15.2. The Bertz CT molecular complexity index is 723. The van der Waals surface area contributed by atoms with Gasteiger partial charge < -0.3 is 20.6 Å². The molecule has 0 aliphatic carbocycles. The van der Waals surface area contributed by atoms with Gasteiger partial charge in [-0.1, -0.05) is 12.1 Å². The van der Waals surface area contributed by atoms with Crippen LogP contribution in [0.1, 0.15) is 30.4 Å². The monoisotopic (exact) mass is 345 g/mol. The van der Waals surface area contributed by atoms with Gasteiger partial charge in [-0.25, -0.2) is 4.79 Å². The highest BCUT2D eigenvalue weighted by atomic mass is 16.4. The predicted molar refractivity (Wildman–Crippen MR) is 92.4 cm³/mol. The van der Waals surface area contributed by atoms with E-state index in [2.05, 4.69) is 10.6 Å². The smallest absolute Gasteiger partial charge is 0.321 e. The second-order valence-electron chi connectivity index (χ2n) is 7.03. The minimum Gasteiger partial charge on any atom is -0.481 e. The molecular weight excluding hydrogens is 322 g/mol. The van der Waals surface area contributed by atoms with Crippen molar-refractivity contribution in [3.8, 4) is 0 Å². The number of rotatable bonds is 2. The number of carbonyl (C=O) groups excluding carboxylic acids is 2. The third-order valence-electron chi connectivity index (χ3n) is 5.32. The van der Waals surface area contributed by atoms with E-state index in [0.717, 1.165) is 16.8 Å². The molecular formula is C18H23N3O4. The number of nitrogens with one attached hydrogen (secondary N) is 2. The Morgan fingerprint density at radius 1 is 1.28 bits per heavy atom. The van der Waals surface area contributed by atoms with Crippen molar-refractivity contribution in [3.63, 3.8) is 0 Å². The van der Waals surface area contributed by atoms with Gasteiger partial charge in [0.25, 0.3) is 0 Å². The number of likely N-dealkylation sites (tertiary alicyclic amines) is 1. The molecule has 0 saturated carbocycles. The summed E-state index contributed by atoms with van der Waals surface area (Å²) in [6, 6.07) is 5.68. The summed E-state index contributed by atoms with van der Waals surface area (Å²) in [5.41, 5.74) is 2.11. The molecule has 2 heterocycles. The first kappa shape index (κ1) is 17.3. The second kappa shape index (κ2) is 6.38. The summed E-state index contributed by atoms with van der Waals surface area (Å²) in [6.07, 6.45) is 0.926. The molecule has 0 bridgehead atoms. The number of carbonyl (C=O) groups is 3. The number of urea groups is 1. The summed E-state index contributed by atoms with van der Waals surface area (Å²) in [6.45, 7) is 4.74. The highest BCUT2D eigenvalue weighted by molar-refractivity contribution is 5.91. The van der Waals surface area contributed by atoms with Crippen LogP contribution in [0.15, 0.2) is 18.2 Å². The Morgan fingerprint density at radius 2 is 1.96 bits per heavy atom. The number of aryl methyl sites for hydroxylation is 2. The number of carboxylic acids is 1. The summed E-state index contributed by atoms with van der Waals surface area (Å²) in [5.74, 6) is -1.89. The molecule has 3 amide bonds. The van der Waals surface area contributed by atoms with Gasteiger partial charge in [-0.15, -0.1) is 0 Å². The molecule has 7 heteroatoms. The van der Waals surface area contributed by atoms with E-state index in [1.165, 1.54) is 0 Å². The molecule has 0 radical (unpaired) electrons. The first-order valence-electron chi connectivity index (χ1n) is 8.48. The van der Waals surface area contributed by atoms with Crippen LogP contribution in [0, 0.1) is 19.8 Å². The van der Waals surface area contributed by atoms with Crippen molar-refractivity contribution in [2.45, 2.75) is 38.6 Å². The van der Waals surface area contributed by atoms with E-state index in [1.54, 1.807) is 4.90 Å². The lowest BCUT2D eigenvalue weighted by atomic mass is 9.78. The van der Waals surface area contributed by atoms with Gasteiger partial charge in [-0.2, -0.15) is 0 Å². The molecule has 1 spiro atoms. The van der Waals surface area contributed by atoms with E-state index in [4.69, 9.17) is 0 Å². The quantitative estimate of drug-likeness (QED) is 0.762. The van der Waals surface area contributed by atoms with Crippen LogP contribution in [0.25, 0.3) is 0 Å². The van der Waals surface area contributed by atoms with Crippen molar-refractivity contribution in [2.75, 3.05) is 18.4 Å². The van der Waals surface area contributed by atoms with Crippen LogP contribution < -0.4 is 10.6 Å². The minimum atomic E-state index is -0.952. The van der Waals surface area contributed by atoms with E-state index in [1.807, 2.05) is 32.0 Å². The van der Waals surface area contributed by atoms with Gasteiger partial charge >= 0.3 is 12.0 Å². The molecule has 1 aromatic carbocycles. The van der Waals surface area contributed by atoms with Crippen molar-refractivity contribution >= 4 is 23.6 Å². The molecule has 0 unspecified atom stereocenters. The van der Waals surface area contributed by atoms with Crippen LogP contribution in [0.2, 0.25) is 0 Å². The third-order valence-corrected chi connectivity index (χ3v) is 5.32. The van der Waals surface area contributed by atoms with Gasteiger partial charge in [0.15, 0.2) is 0 Å². The Hall–Kier alpha value is -2.57. The molecule has 1 atom stereocenters. The largest absolute Gasteiger partial charge is 0.481 e. The highest BCUT2D eigenvalue weighted by Gasteiger charge is 2.52. The summed E-state index contributed by atoms with van der Waals surface area (Å²) in [4.78, 5) is 37.4. The number of anilines is 1. The number of benzene rings is 1. The zero-order valence-electron chi connectivity index (χ0n) is 14.5. The molecule has 0 aromatic heterocycles.